The van der Waals surface area contributed by atoms with E-state index >= 15 is 0 Å². The Hall–Kier alpha value is -1.08. The SMILES string of the molecule is O=[N+]([O-])CCN1CCN(S(=O)(=O)CCS(=O)(=O)NS(=O)(=O)C(F)(F)F)CC1. The van der Waals surface area contributed by atoms with Crippen molar-refractivity contribution in [2.45, 2.75) is 5.51 Å². The normalized spacial score (nSPS) is 18.5. The lowest BCUT2D eigenvalue weighted by Gasteiger charge is -2.33. The third kappa shape index (κ3) is 7.45. The van der Waals surface area contributed by atoms with Crippen molar-refractivity contribution in [2.24, 2.45) is 0 Å². The Bertz CT molecular complexity index is 847. The highest BCUT2D eigenvalue weighted by Crippen LogP contribution is 2.22. The van der Waals surface area contributed by atoms with Crippen molar-refractivity contribution in [3.8, 4) is 0 Å². The maximum Gasteiger partial charge on any atom is 0.512 e. The summed E-state index contributed by atoms with van der Waals surface area (Å²) in [5, 5.41) is 10.3. The van der Waals surface area contributed by atoms with Crippen LogP contribution in [0.25, 0.3) is 0 Å². The summed E-state index contributed by atoms with van der Waals surface area (Å²) in [6.07, 6.45) is 0. The molecule has 0 unspecified atom stereocenters. The average Bonchev–Trinajstić information content (AvgIpc) is 2.49. The first-order valence-electron chi connectivity index (χ1n) is 7.20. The number of hydrogen-bond donors (Lipinski definition) is 1. The van der Waals surface area contributed by atoms with Gasteiger partial charge < -0.3 is 0 Å². The van der Waals surface area contributed by atoms with Gasteiger partial charge >= 0.3 is 15.5 Å². The summed E-state index contributed by atoms with van der Waals surface area (Å²) in [4.78, 5) is 11.4. The number of rotatable bonds is 9. The van der Waals surface area contributed by atoms with Gasteiger partial charge in [0.1, 0.15) is 0 Å². The summed E-state index contributed by atoms with van der Waals surface area (Å²) in [5.74, 6) is -2.50. The smallest absolute Gasteiger partial charge is 0.294 e. The van der Waals surface area contributed by atoms with E-state index in [0.717, 1.165) is 4.31 Å². The number of hydrogen-bond acceptors (Lipinski definition) is 9. The molecule has 0 atom stereocenters. The first-order valence-corrected chi connectivity index (χ1v) is 11.9. The van der Waals surface area contributed by atoms with Crippen LogP contribution in [0, 0.1) is 10.1 Å². The first-order chi connectivity index (χ1) is 12.1. The Balaban J connectivity index is 2.63. The van der Waals surface area contributed by atoms with Gasteiger partial charge in [-0.2, -0.15) is 17.5 Å². The molecule has 1 aliphatic rings. The number of nitrogens with one attached hydrogen (secondary N) is 1. The van der Waals surface area contributed by atoms with E-state index in [0.29, 0.717) is 4.13 Å². The van der Waals surface area contributed by atoms with Crippen LogP contribution in [0.1, 0.15) is 0 Å². The molecule has 1 saturated heterocycles. The lowest BCUT2D eigenvalue weighted by Crippen LogP contribution is -2.51. The molecule has 1 rings (SSSR count). The van der Waals surface area contributed by atoms with E-state index in [9.17, 15) is 48.5 Å². The summed E-state index contributed by atoms with van der Waals surface area (Å²) in [7, 11) is -15.4. The number of nitrogens with zero attached hydrogens (tertiary/aromatic N) is 3. The lowest BCUT2D eigenvalue weighted by atomic mass is 10.3. The number of nitro groups is 1. The van der Waals surface area contributed by atoms with Crippen LogP contribution in [0.15, 0.2) is 0 Å². The van der Waals surface area contributed by atoms with Crippen molar-refractivity contribution in [3.63, 3.8) is 0 Å². The van der Waals surface area contributed by atoms with E-state index in [2.05, 4.69) is 0 Å². The number of halogens is 3. The topological polar surface area (TPSA) is 164 Å². The average molecular weight is 462 g/mol. The maximum atomic E-state index is 12.2. The largest absolute Gasteiger partial charge is 0.512 e. The highest BCUT2D eigenvalue weighted by molar-refractivity contribution is 8.05. The predicted octanol–water partition coefficient (Wildman–Crippen LogP) is -2.02. The molecule has 0 aromatic carbocycles. The highest BCUT2D eigenvalue weighted by Gasteiger charge is 2.48. The van der Waals surface area contributed by atoms with Crippen molar-refractivity contribution in [1.29, 1.82) is 0 Å². The quantitative estimate of drug-likeness (QED) is 0.301. The van der Waals surface area contributed by atoms with E-state index in [-0.39, 0.29) is 39.3 Å². The number of piperazine rings is 1. The number of alkyl halides is 3. The molecular formula is C9H17F3N4O8S3. The summed E-state index contributed by atoms with van der Waals surface area (Å²) < 4.78 is 107. The maximum absolute atomic E-state index is 12.2. The Kier molecular flexibility index (Phi) is 7.56. The summed E-state index contributed by atoms with van der Waals surface area (Å²) in [5.41, 5.74) is -5.86. The fraction of sp³-hybridized carbons (Fsp3) is 1.00. The predicted molar refractivity (Wildman–Crippen MR) is 85.6 cm³/mol. The molecule has 27 heavy (non-hydrogen) atoms. The van der Waals surface area contributed by atoms with Crippen molar-refractivity contribution >= 4 is 30.1 Å². The van der Waals surface area contributed by atoms with Gasteiger partial charge in [-0.05, 0) is 0 Å². The molecule has 0 amide bonds. The minimum atomic E-state index is -6.18. The minimum Gasteiger partial charge on any atom is -0.294 e. The van der Waals surface area contributed by atoms with E-state index in [1.807, 2.05) is 0 Å². The monoisotopic (exact) mass is 462 g/mol. The Morgan fingerprint density at radius 1 is 0.963 bits per heavy atom. The first kappa shape index (κ1) is 24.0. The lowest BCUT2D eigenvalue weighted by molar-refractivity contribution is -0.480. The van der Waals surface area contributed by atoms with Crippen molar-refractivity contribution in [1.82, 2.24) is 13.3 Å². The van der Waals surface area contributed by atoms with E-state index in [1.54, 1.807) is 4.90 Å². The zero-order valence-corrected chi connectivity index (χ0v) is 16.1. The summed E-state index contributed by atoms with van der Waals surface area (Å²) in [6.45, 7) is -0.0946. The second kappa shape index (κ2) is 8.52. The molecule has 0 aromatic heterocycles. The van der Waals surface area contributed by atoms with Crippen LogP contribution in [0.3, 0.4) is 0 Å². The molecule has 0 spiro atoms. The minimum absolute atomic E-state index is 0.0889. The van der Waals surface area contributed by atoms with Crippen molar-refractivity contribution < 1.29 is 43.3 Å². The molecule has 0 bridgehead atoms. The highest BCUT2D eigenvalue weighted by atomic mass is 32.3. The molecule has 18 heteroatoms. The molecule has 0 saturated carbocycles. The molecule has 12 nitrogen and oxygen atoms in total. The second-order valence-corrected chi connectivity index (χ2v) is 11.3. The van der Waals surface area contributed by atoms with Gasteiger partial charge in [0, 0.05) is 31.1 Å². The fourth-order valence-electron chi connectivity index (χ4n) is 2.05. The van der Waals surface area contributed by atoms with Gasteiger partial charge in [0.2, 0.25) is 26.6 Å². The van der Waals surface area contributed by atoms with Crippen LogP contribution < -0.4 is 4.13 Å². The van der Waals surface area contributed by atoms with Gasteiger partial charge in [-0.1, -0.05) is 0 Å². The third-order valence-corrected chi connectivity index (χ3v) is 8.85. The fourth-order valence-corrected chi connectivity index (χ4v) is 6.80. The zero-order chi connectivity index (χ0) is 21.1. The van der Waals surface area contributed by atoms with Crippen LogP contribution in [-0.4, -0.2) is 95.7 Å². The van der Waals surface area contributed by atoms with Gasteiger partial charge in [0.25, 0.3) is 0 Å². The molecule has 0 aliphatic carbocycles. The van der Waals surface area contributed by atoms with Gasteiger partial charge in [-0.25, -0.2) is 25.3 Å². The molecule has 1 fully saturated rings. The molecule has 160 valence electrons. The van der Waals surface area contributed by atoms with E-state index < -0.39 is 52.0 Å². The van der Waals surface area contributed by atoms with E-state index in [1.165, 1.54) is 0 Å². The molecular weight excluding hydrogens is 445 g/mol. The third-order valence-electron chi connectivity index (χ3n) is 3.47. The second-order valence-electron chi connectivity index (χ2n) is 5.46. The summed E-state index contributed by atoms with van der Waals surface area (Å²) in [6, 6.07) is 0. The standard InChI is InChI=1S/C9H17F3N4O8S3/c10-9(11,12)27(23,24)13-25(19,20)7-8-26(21,22)15-4-1-14(2-5-15)3-6-16(17)18/h13H,1-8H2. The molecule has 0 aromatic rings. The van der Waals surface area contributed by atoms with Crippen molar-refractivity contribution in [2.75, 3.05) is 50.8 Å². The van der Waals surface area contributed by atoms with Gasteiger partial charge in [0.15, 0.2) is 0 Å². The Morgan fingerprint density at radius 2 is 1.48 bits per heavy atom. The van der Waals surface area contributed by atoms with Crippen LogP contribution in [0.4, 0.5) is 13.2 Å². The number of sulfonamides is 3. The van der Waals surface area contributed by atoms with Gasteiger partial charge in [-0.15, -0.1) is 4.13 Å². The van der Waals surface area contributed by atoms with Gasteiger partial charge in [0.05, 0.1) is 18.1 Å². The molecule has 1 N–H and O–H groups in total. The molecule has 1 aliphatic heterocycles. The summed E-state index contributed by atoms with van der Waals surface area (Å²) >= 11 is 0. The van der Waals surface area contributed by atoms with Crippen molar-refractivity contribution in [3.05, 3.63) is 10.1 Å². The Morgan fingerprint density at radius 3 is 1.93 bits per heavy atom. The Labute approximate surface area is 153 Å². The van der Waals surface area contributed by atoms with Crippen LogP contribution in [-0.2, 0) is 30.1 Å². The van der Waals surface area contributed by atoms with Crippen LogP contribution in [0.5, 0.6) is 0 Å². The molecule has 1 heterocycles. The van der Waals surface area contributed by atoms with Gasteiger partial charge in [-0.3, -0.25) is 15.0 Å². The van der Waals surface area contributed by atoms with E-state index in [4.69, 9.17) is 0 Å². The zero-order valence-electron chi connectivity index (χ0n) is 13.6. The van der Waals surface area contributed by atoms with Crippen LogP contribution in [0.2, 0.25) is 0 Å². The molecule has 0 radical (unpaired) electrons. The van der Waals surface area contributed by atoms with Crippen LogP contribution >= 0.6 is 0 Å².